The van der Waals surface area contributed by atoms with Crippen LogP contribution in [0.1, 0.15) is 35.3 Å². The molecule has 2 rings (SSSR count). The van der Waals surface area contributed by atoms with Crippen LogP contribution in [-0.4, -0.2) is 35.3 Å². The minimum atomic E-state index is -4.94. The Morgan fingerprint density at radius 2 is 1.67 bits per heavy atom. The normalized spacial score (nSPS) is 11.0. The molecule has 0 bridgehead atoms. The average Bonchev–Trinajstić information content (AvgIpc) is 2.70. The van der Waals surface area contributed by atoms with Crippen LogP contribution in [0, 0.1) is 0 Å². The zero-order chi connectivity index (χ0) is 22.3. The van der Waals surface area contributed by atoms with Crippen LogP contribution in [0.2, 0.25) is 0 Å². The predicted octanol–water partition coefficient (Wildman–Crippen LogP) is 3.49. The summed E-state index contributed by atoms with van der Waals surface area (Å²) in [5, 5.41) is 5.34. The molecule has 0 fully saturated rings. The first-order valence-corrected chi connectivity index (χ1v) is 9.20. The molecular formula is C21H22F3N3O3. The molecule has 0 aromatic heterocycles. The van der Waals surface area contributed by atoms with Crippen molar-refractivity contribution in [3.63, 3.8) is 0 Å². The van der Waals surface area contributed by atoms with Gasteiger partial charge in [-0.1, -0.05) is 24.3 Å². The average molecular weight is 421 g/mol. The molecular weight excluding hydrogens is 399 g/mol. The second-order valence-corrected chi connectivity index (χ2v) is 6.58. The number of amides is 3. The molecule has 160 valence electrons. The summed E-state index contributed by atoms with van der Waals surface area (Å²) >= 11 is 0. The highest BCUT2D eigenvalue weighted by Gasteiger charge is 2.41. The van der Waals surface area contributed by atoms with Gasteiger partial charge in [0.2, 0.25) is 5.91 Å². The van der Waals surface area contributed by atoms with Crippen LogP contribution in [0.25, 0.3) is 0 Å². The van der Waals surface area contributed by atoms with Gasteiger partial charge in [-0.05, 0) is 42.3 Å². The summed E-state index contributed by atoms with van der Waals surface area (Å²) in [4.78, 5) is 35.5. The van der Waals surface area contributed by atoms with E-state index < -0.39 is 18.0 Å². The Bertz CT molecular complexity index is 912. The van der Waals surface area contributed by atoms with Crippen molar-refractivity contribution in [2.24, 2.45) is 0 Å². The van der Waals surface area contributed by atoms with Crippen molar-refractivity contribution in [3.8, 4) is 0 Å². The molecule has 0 saturated carbocycles. The van der Waals surface area contributed by atoms with E-state index in [1.807, 2.05) is 0 Å². The minimum absolute atomic E-state index is 0.0975. The highest BCUT2D eigenvalue weighted by atomic mass is 19.4. The van der Waals surface area contributed by atoms with Gasteiger partial charge in [0, 0.05) is 37.8 Å². The molecule has 0 unspecified atom stereocenters. The fourth-order valence-electron chi connectivity index (χ4n) is 2.68. The fourth-order valence-corrected chi connectivity index (χ4v) is 2.68. The van der Waals surface area contributed by atoms with Gasteiger partial charge in [-0.25, -0.2) is 0 Å². The van der Waals surface area contributed by atoms with E-state index >= 15 is 0 Å². The van der Waals surface area contributed by atoms with Crippen LogP contribution in [0.5, 0.6) is 0 Å². The summed E-state index contributed by atoms with van der Waals surface area (Å²) in [6.45, 7) is 2.90. The third kappa shape index (κ3) is 6.61. The Morgan fingerprint density at radius 1 is 1.00 bits per heavy atom. The van der Waals surface area contributed by atoms with Gasteiger partial charge >= 0.3 is 12.1 Å². The van der Waals surface area contributed by atoms with Gasteiger partial charge in [0.15, 0.2) is 0 Å². The lowest BCUT2D eigenvalue weighted by Crippen LogP contribution is -2.40. The van der Waals surface area contributed by atoms with Crippen molar-refractivity contribution >= 4 is 23.4 Å². The van der Waals surface area contributed by atoms with Crippen molar-refractivity contribution in [1.29, 1.82) is 0 Å². The van der Waals surface area contributed by atoms with E-state index in [0.29, 0.717) is 28.3 Å². The number of benzene rings is 2. The number of carbonyl (C=O) groups excluding carboxylic acids is 3. The van der Waals surface area contributed by atoms with Gasteiger partial charge in [-0.2, -0.15) is 13.2 Å². The highest BCUT2D eigenvalue weighted by Crippen LogP contribution is 2.21. The zero-order valence-electron chi connectivity index (χ0n) is 16.5. The van der Waals surface area contributed by atoms with Crippen molar-refractivity contribution in [3.05, 3.63) is 65.2 Å². The molecule has 0 atom stereocenters. The maximum absolute atomic E-state index is 12.7. The molecule has 2 aromatic carbocycles. The van der Waals surface area contributed by atoms with E-state index in [0.717, 1.165) is 5.56 Å². The number of nitrogens with one attached hydrogen (secondary N) is 2. The van der Waals surface area contributed by atoms with E-state index in [1.54, 1.807) is 42.5 Å². The number of hydrogen-bond donors (Lipinski definition) is 2. The van der Waals surface area contributed by atoms with Crippen LogP contribution < -0.4 is 10.6 Å². The summed E-state index contributed by atoms with van der Waals surface area (Å²) < 4.78 is 38.0. The zero-order valence-corrected chi connectivity index (χ0v) is 16.5. The van der Waals surface area contributed by atoms with Gasteiger partial charge in [0.1, 0.15) is 0 Å². The summed E-state index contributed by atoms with van der Waals surface area (Å²) in [7, 11) is 0. The molecule has 0 radical (unpaired) electrons. The first-order valence-electron chi connectivity index (χ1n) is 9.20. The SMILES string of the molecule is CCN(Cc1cccc(NC(=O)c2ccc(CNC(C)=O)cc2)c1)C(=O)C(F)(F)F. The van der Waals surface area contributed by atoms with Gasteiger partial charge < -0.3 is 15.5 Å². The number of rotatable bonds is 7. The second kappa shape index (κ2) is 9.91. The molecule has 9 heteroatoms. The summed E-state index contributed by atoms with van der Waals surface area (Å²) in [6.07, 6.45) is -4.94. The first-order chi connectivity index (χ1) is 14.1. The summed E-state index contributed by atoms with van der Waals surface area (Å²) in [5.41, 5.74) is 2.07. The lowest BCUT2D eigenvalue weighted by molar-refractivity contribution is -0.185. The van der Waals surface area contributed by atoms with Crippen LogP contribution >= 0.6 is 0 Å². The molecule has 0 aliphatic heterocycles. The third-order valence-corrected chi connectivity index (χ3v) is 4.23. The topological polar surface area (TPSA) is 78.5 Å². The quantitative estimate of drug-likeness (QED) is 0.719. The molecule has 3 amide bonds. The number of hydrogen-bond acceptors (Lipinski definition) is 3. The monoisotopic (exact) mass is 421 g/mol. The number of alkyl halides is 3. The largest absolute Gasteiger partial charge is 0.471 e. The van der Waals surface area contributed by atoms with Crippen molar-refractivity contribution in [2.45, 2.75) is 33.1 Å². The van der Waals surface area contributed by atoms with E-state index in [9.17, 15) is 27.6 Å². The third-order valence-electron chi connectivity index (χ3n) is 4.23. The molecule has 6 nitrogen and oxygen atoms in total. The predicted molar refractivity (Wildman–Crippen MR) is 106 cm³/mol. The lowest BCUT2D eigenvalue weighted by atomic mass is 10.1. The molecule has 0 spiro atoms. The number of nitrogens with zero attached hydrogens (tertiary/aromatic N) is 1. The molecule has 2 N–H and O–H groups in total. The number of anilines is 1. The van der Waals surface area contributed by atoms with Gasteiger partial charge in [0.25, 0.3) is 5.91 Å². The van der Waals surface area contributed by atoms with Crippen molar-refractivity contribution in [2.75, 3.05) is 11.9 Å². The van der Waals surface area contributed by atoms with Gasteiger partial charge in [0.05, 0.1) is 0 Å². The Hall–Kier alpha value is -3.36. The highest BCUT2D eigenvalue weighted by molar-refractivity contribution is 6.04. The Labute approximate surface area is 172 Å². The lowest BCUT2D eigenvalue weighted by Gasteiger charge is -2.22. The summed E-state index contributed by atoms with van der Waals surface area (Å²) in [6, 6.07) is 12.9. The van der Waals surface area contributed by atoms with Gasteiger partial charge in [-0.3, -0.25) is 14.4 Å². The van der Waals surface area contributed by atoms with Crippen LogP contribution in [0.4, 0.5) is 18.9 Å². The molecule has 30 heavy (non-hydrogen) atoms. The van der Waals surface area contributed by atoms with Crippen LogP contribution in [0.15, 0.2) is 48.5 Å². The van der Waals surface area contributed by atoms with E-state index in [1.165, 1.54) is 19.9 Å². The van der Waals surface area contributed by atoms with Gasteiger partial charge in [-0.15, -0.1) is 0 Å². The van der Waals surface area contributed by atoms with Crippen LogP contribution in [0.3, 0.4) is 0 Å². The van der Waals surface area contributed by atoms with Crippen molar-refractivity contribution < 1.29 is 27.6 Å². The first kappa shape index (κ1) is 22.9. The van der Waals surface area contributed by atoms with E-state index in [4.69, 9.17) is 0 Å². The Kier molecular flexibility index (Phi) is 7.57. The van der Waals surface area contributed by atoms with Crippen molar-refractivity contribution in [1.82, 2.24) is 10.2 Å². The number of halogens is 3. The van der Waals surface area contributed by atoms with Crippen LogP contribution in [-0.2, 0) is 22.7 Å². The molecule has 2 aromatic rings. The Balaban J connectivity index is 2.04. The molecule has 0 aliphatic carbocycles. The smallest absolute Gasteiger partial charge is 0.352 e. The number of carbonyl (C=O) groups is 3. The van der Waals surface area contributed by atoms with E-state index in [2.05, 4.69) is 10.6 Å². The maximum atomic E-state index is 12.7. The van der Waals surface area contributed by atoms with E-state index in [-0.39, 0.29) is 19.0 Å². The Morgan fingerprint density at radius 3 is 2.23 bits per heavy atom. The fraction of sp³-hybridized carbons (Fsp3) is 0.286. The summed E-state index contributed by atoms with van der Waals surface area (Å²) in [5.74, 6) is -2.45. The molecule has 0 heterocycles. The second-order valence-electron chi connectivity index (χ2n) is 6.58. The molecule has 0 aliphatic rings. The maximum Gasteiger partial charge on any atom is 0.471 e. The minimum Gasteiger partial charge on any atom is -0.352 e. The molecule has 0 saturated heterocycles. The standard InChI is InChI=1S/C21H22F3N3O3/c1-3-27(20(30)21(22,23)24)13-16-5-4-6-18(11-16)26-19(29)17-9-7-15(8-10-17)12-25-14(2)28/h4-11H,3,12-13H2,1-2H3,(H,25,28)(H,26,29).